The molecule has 0 fully saturated rings. The van der Waals surface area contributed by atoms with Crippen molar-refractivity contribution >= 4 is 5.91 Å². The predicted octanol–water partition coefficient (Wildman–Crippen LogP) is 2.59. The van der Waals surface area contributed by atoms with Crippen LogP contribution >= 0.6 is 0 Å². The maximum atomic E-state index is 13.6. The van der Waals surface area contributed by atoms with E-state index in [2.05, 4.69) is 5.32 Å². The fourth-order valence-corrected chi connectivity index (χ4v) is 1.67. The Kier molecular flexibility index (Phi) is 3.90. The molecule has 0 radical (unpaired) electrons. The highest BCUT2D eigenvalue weighted by Crippen LogP contribution is 2.24. The van der Waals surface area contributed by atoms with Gasteiger partial charge in [-0.3, -0.25) is 4.79 Å². The molecule has 1 aromatic heterocycles. The van der Waals surface area contributed by atoms with Gasteiger partial charge in [0, 0.05) is 0 Å². The Morgan fingerprint density at radius 3 is 2.65 bits per heavy atom. The summed E-state index contributed by atoms with van der Waals surface area (Å²) in [5.74, 6) is -0.504. The zero-order valence-corrected chi connectivity index (χ0v) is 11.3. The molecule has 0 bridgehead atoms. The third-order valence-electron chi connectivity index (χ3n) is 2.82. The molecular weight excluding hydrogens is 261 g/mol. The van der Waals surface area contributed by atoms with Crippen molar-refractivity contribution in [2.45, 2.75) is 19.4 Å². The number of nitrogens with one attached hydrogen (secondary N) is 1. The summed E-state index contributed by atoms with van der Waals surface area (Å²) in [5.41, 5.74) is -0.449. The topological polar surface area (TPSA) is 62.5 Å². The number of carbonyl (C=O) groups is 1. The van der Waals surface area contributed by atoms with Crippen molar-refractivity contribution in [1.82, 2.24) is 5.32 Å². The molecule has 2 rings (SSSR count). The van der Waals surface area contributed by atoms with E-state index in [9.17, 15) is 9.18 Å². The normalized spacial score (nSPS) is 11.4. The Balaban J connectivity index is 2.22. The molecule has 0 unspecified atom stereocenters. The minimum atomic E-state index is -0.748. The van der Waals surface area contributed by atoms with E-state index >= 15 is 0 Å². The summed E-state index contributed by atoms with van der Waals surface area (Å²) in [7, 11) is 0. The van der Waals surface area contributed by atoms with Crippen LogP contribution in [0.2, 0.25) is 0 Å². The summed E-state index contributed by atoms with van der Waals surface area (Å²) in [6, 6.07) is 9.19. The highest BCUT2D eigenvalue weighted by molar-refractivity contribution is 5.92. The molecule has 0 spiro atoms. The quantitative estimate of drug-likeness (QED) is 0.903. The van der Waals surface area contributed by atoms with Crippen LogP contribution in [0.5, 0.6) is 0 Å². The number of benzene rings is 1. The molecule has 1 heterocycles. The molecule has 2 N–H and O–H groups in total. The second-order valence-corrected chi connectivity index (χ2v) is 5.14. The smallest absolute Gasteiger partial charge is 0.287 e. The van der Waals surface area contributed by atoms with E-state index in [0.717, 1.165) is 0 Å². The lowest BCUT2D eigenvalue weighted by Gasteiger charge is -2.22. The Hall–Kier alpha value is -2.14. The van der Waals surface area contributed by atoms with Crippen LogP contribution in [0, 0.1) is 5.82 Å². The van der Waals surface area contributed by atoms with E-state index in [1.165, 1.54) is 12.1 Å². The SMILES string of the molecule is CC(C)(CO)NC(=O)c1ccc(-c2ccccc2F)o1. The van der Waals surface area contributed by atoms with Gasteiger partial charge in [0.1, 0.15) is 11.6 Å². The minimum absolute atomic E-state index is 0.0739. The van der Waals surface area contributed by atoms with E-state index in [1.54, 1.807) is 38.1 Å². The van der Waals surface area contributed by atoms with Crippen molar-refractivity contribution in [2.75, 3.05) is 6.61 Å². The summed E-state index contributed by atoms with van der Waals surface area (Å²) < 4.78 is 19.0. The van der Waals surface area contributed by atoms with Gasteiger partial charge >= 0.3 is 0 Å². The summed E-state index contributed by atoms with van der Waals surface area (Å²) in [5, 5.41) is 11.7. The van der Waals surface area contributed by atoms with E-state index < -0.39 is 17.3 Å². The second-order valence-electron chi connectivity index (χ2n) is 5.14. The third-order valence-corrected chi connectivity index (χ3v) is 2.82. The van der Waals surface area contributed by atoms with Crippen molar-refractivity contribution < 1.29 is 18.7 Å². The molecular formula is C15H16FNO3. The van der Waals surface area contributed by atoms with Crippen molar-refractivity contribution in [3.05, 3.63) is 48.0 Å². The predicted molar refractivity (Wildman–Crippen MR) is 72.7 cm³/mol. The number of rotatable bonds is 4. The van der Waals surface area contributed by atoms with Gasteiger partial charge in [0.2, 0.25) is 0 Å². The molecule has 1 amide bonds. The maximum Gasteiger partial charge on any atom is 0.287 e. The van der Waals surface area contributed by atoms with E-state index in [1.807, 2.05) is 0 Å². The number of aliphatic hydroxyl groups is 1. The lowest BCUT2D eigenvalue weighted by molar-refractivity contribution is 0.0842. The molecule has 4 nitrogen and oxygen atoms in total. The summed E-state index contributed by atoms with van der Waals surface area (Å²) >= 11 is 0. The number of aliphatic hydroxyl groups excluding tert-OH is 1. The fourth-order valence-electron chi connectivity index (χ4n) is 1.67. The van der Waals surface area contributed by atoms with Crippen LogP contribution in [0.3, 0.4) is 0 Å². The first kappa shape index (κ1) is 14.3. The first-order valence-electron chi connectivity index (χ1n) is 6.21. The monoisotopic (exact) mass is 277 g/mol. The molecule has 0 aliphatic carbocycles. The van der Waals surface area contributed by atoms with Gasteiger partial charge in [0.05, 0.1) is 17.7 Å². The van der Waals surface area contributed by atoms with Gasteiger partial charge in [-0.05, 0) is 38.1 Å². The average molecular weight is 277 g/mol. The molecule has 106 valence electrons. The van der Waals surface area contributed by atoms with Crippen LogP contribution in [-0.4, -0.2) is 23.2 Å². The number of amides is 1. The van der Waals surface area contributed by atoms with Crippen LogP contribution in [0.1, 0.15) is 24.4 Å². The van der Waals surface area contributed by atoms with Crippen LogP contribution < -0.4 is 5.32 Å². The standard InChI is InChI=1S/C15H16FNO3/c1-15(2,9-18)17-14(19)13-8-7-12(20-13)10-5-3-4-6-11(10)16/h3-8,18H,9H2,1-2H3,(H,17,19). The third kappa shape index (κ3) is 3.05. The zero-order valence-electron chi connectivity index (χ0n) is 11.3. The van der Waals surface area contributed by atoms with Gasteiger partial charge in [-0.25, -0.2) is 4.39 Å². The van der Waals surface area contributed by atoms with Gasteiger partial charge in [-0.1, -0.05) is 12.1 Å². The first-order chi connectivity index (χ1) is 9.43. The Labute approximate surface area is 116 Å². The van der Waals surface area contributed by atoms with Crippen LogP contribution in [0.25, 0.3) is 11.3 Å². The molecule has 20 heavy (non-hydrogen) atoms. The second kappa shape index (κ2) is 5.46. The average Bonchev–Trinajstić information content (AvgIpc) is 2.88. The lowest BCUT2D eigenvalue weighted by Crippen LogP contribution is -2.46. The molecule has 1 aromatic carbocycles. The van der Waals surface area contributed by atoms with Crippen LogP contribution in [-0.2, 0) is 0 Å². The number of carbonyl (C=O) groups excluding carboxylic acids is 1. The van der Waals surface area contributed by atoms with E-state index in [4.69, 9.17) is 9.52 Å². The van der Waals surface area contributed by atoms with Crippen molar-refractivity contribution in [1.29, 1.82) is 0 Å². The van der Waals surface area contributed by atoms with Gasteiger partial charge in [0.15, 0.2) is 5.76 Å². The molecule has 0 aliphatic rings. The molecule has 0 saturated heterocycles. The zero-order chi connectivity index (χ0) is 14.8. The largest absolute Gasteiger partial charge is 0.451 e. The Morgan fingerprint density at radius 2 is 2.00 bits per heavy atom. The number of hydrogen-bond donors (Lipinski definition) is 2. The molecule has 2 aromatic rings. The van der Waals surface area contributed by atoms with Gasteiger partial charge < -0.3 is 14.8 Å². The number of furan rings is 1. The highest BCUT2D eigenvalue weighted by atomic mass is 19.1. The maximum absolute atomic E-state index is 13.6. The van der Waals surface area contributed by atoms with Crippen molar-refractivity contribution in [2.24, 2.45) is 0 Å². The van der Waals surface area contributed by atoms with Gasteiger partial charge in [-0.15, -0.1) is 0 Å². The summed E-state index contributed by atoms with van der Waals surface area (Å²) in [6.07, 6.45) is 0. The van der Waals surface area contributed by atoms with E-state index in [-0.39, 0.29) is 18.1 Å². The van der Waals surface area contributed by atoms with Crippen molar-refractivity contribution in [3.63, 3.8) is 0 Å². The molecule has 0 aliphatic heterocycles. The summed E-state index contributed by atoms with van der Waals surface area (Å²) in [6.45, 7) is 3.18. The Morgan fingerprint density at radius 1 is 1.30 bits per heavy atom. The highest BCUT2D eigenvalue weighted by Gasteiger charge is 2.22. The van der Waals surface area contributed by atoms with Crippen LogP contribution in [0.4, 0.5) is 4.39 Å². The van der Waals surface area contributed by atoms with E-state index in [0.29, 0.717) is 5.56 Å². The number of halogens is 1. The molecule has 0 atom stereocenters. The molecule has 0 saturated carbocycles. The van der Waals surface area contributed by atoms with Gasteiger partial charge in [-0.2, -0.15) is 0 Å². The van der Waals surface area contributed by atoms with Crippen molar-refractivity contribution in [3.8, 4) is 11.3 Å². The minimum Gasteiger partial charge on any atom is -0.451 e. The summed E-state index contributed by atoms with van der Waals surface area (Å²) in [4.78, 5) is 11.9. The first-order valence-corrected chi connectivity index (χ1v) is 6.21. The fraction of sp³-hybridized carbons (Fsp3) is 0.267. The lowest BCUT2D eigenvalue weighted by atomic mass is 10.1. The van der Waals surface area contributed by atoms with Crippen LogP contribution in [0.15, 0.2) is 40.8 Å². The Bertz CT molecular complexity index is 619. The number of hydrogen-bond acceptors (Lipinski definition) is 3. The van der Waals surface area contributed by atoms with Gasteiger partial charge in [0.25, 0.3) is 5.91 Å². The molecule has 5 heteroatoms.